The lowest BCUT2D eigenvalue weighted by atomic mass is 10.5. The van der Waals surface area contributed by atoms with Crippen molar-refractivity contribution in [1.82, 2.24) is 19.9 Å². The molecule has 0 amide bonds. The zero-order chi connectivity index (χ0) is 11.3. The summed E-state index contributed by atoms with van der Waals surface area (Å²) in [6.07, 6.45) is 3.59. The minimum atomic E-state index is 0.446. The molecule has 0 aliphatic heterocycles. The Bertz CT molecular complexity index is 351. The number of guanidine groups is 1. The fourth-order valence-corrected chi connectivity index (χ4v) is 0.936. The maximum atomic E-state index is 5.63. The van der Waals surface area contributed by atoms with Crippen LogP contribution in [0, 0.1) is 0 Å². The minimum absolute atomic E-state index is 0.446. The number of aliphatic imine (C=N–C) groups is 1. The predicted octanol–water partition coefficient (Wildman–Crippen LogP) is -0.160. The maximum Gasteiger partial charge on any atom is 0.191 e. The highest BCUT2D eigenvalue weighted by Gasteiger charge is 1.99. The third kappa shape index (κ3) is 3.41. The summed E-state index contributed by atoms with van der Waals surface area (Å²) >= 11 is 0. The molecule has 0 aliphatic carbocycles. The van der Waals surface area contributed by atoms with Gasteiger partial charge in [0.2, 0.25) is 0 Å². The lowest BCUT2D eigenvalue weighted by molar-refractivity contribution is 0.608. The van der Waals surface area contributed by atoms with Crippen LogP contribution in [-0.2, 0) is 13.1 Å². The summed E-state index contributed by atoms with van der Waals surface area (Å²) in [6, 6.07) is 0. The van der Waals surface area contributed by atoms with Crippen molar-refractivity contribution in [3.8, 4) is 0 Å². The molecule has 82 valence electrons. The van der Waals surface area contributed by atoms with Gasteiger partial charge in [-0.2, -0.15) is 0 Å². The zero-order valence-corrected chi connectivity index (χ0v) is 9.09. The van der Waals surface area contributed by atoms with E-state index in [4.69, 9.17) is 5.73 Å². The molecule has 1 aromatic rings. The maximum absolute atomic E-state index is 5.63. The molecule has 0 aliphatic rings. The fourth-order valence-electron chi connectivity index (χ4n) is 0.936. The molecule has 15 heavy (non-hydrogen) atoms. The summed E-state index contributed by atoms with van der Waals surface area (Å²) in [6.45, 7) is 4.72. The van der Waals surface area contributed by atoms with Crippen molar-refractivity contribution in [3.05, 3.63) is 24.5 Å². The average Bonchev–Trinajstić information content (AvgIpc) is 2.62. The van der Waals surface area contributed by atoms with E-state index in [1.165, 1.54) is 0 Å². The number of rotatable bonds is 4. The van der Waals surface area contributed by atoms with Crippen molar-refractivity contribution in [2.24, 2.45) is 10.7 Å². The quantitative estimate of drug-likeness (QED) is 0.424. The highest BCUT2D eigenvalue weighted by molar-refractivity contribution is 5.77. The fraction of sp³-hybridized carbons (Fsp3) is 0.444. The Hall–Kier alpha value is -1.85. The number of allylic oxidation sites excluding steroid dienone is 1. The number of nitrogens with zero attached hydrogens (tertiary/aromatic N) is 5. The monoisotopic (exact) mass is 208 g/mol. The third-order valence-corrected chi connectivity index (χ3v) is 1.76. The van der Waals surface area contributed by atoms with Gasteiger partial charge in [0.25, 0.3) is 0 Å². The minimum Gasteiger partial charge on any atom is -0.370 e. The summed E-state index contributed by atoms with van der Waals surface area (Å²) < 4.78 is 1.70. The molecule has 1 rings (SSSR count). The molecular formula is C9H16N6. The lowest BCUT2D eigenvalue weighted by Crippen LogP contribution is -2.30. The van der Waals surface area contributed by atoms with Gasteiger partial charge in [0.05, 0.1) is 19.3 Å². The summed E-state index contributed by atoms with van der Waals surface area (Å²) in [5.74, 6) is 0.480. The molecule has 0 unspecified atom stereocenters. The Balaban J connectivity index is 2.57. The van der Waals surface area contributed by atoms with E-state index in [0.717, 1.165) is 5.69 Å². The van der Waals surface area contributed by atoms with Crippen molar-refractivity contribution in [3.63, 3.8) is 0 Å². The van der Waals surface area contributed by atoms with Crippen LogP contribution in [-0.4, -0.2) is 39.9 Å². The van der Waals surface area contributed by atoms with Crippen molar-refractivity contribution in [1.29, 1.82) is 0 Å². The molecule has 0 radical (unpaired) electrons. The summed E-state index contributed by atoms with van der Waals surface area (Å²) in [7, 11) is 3.68. The summed E-state index contributed by atoms with van der Waals surface area (Å²) in [5, 5.41) is 7.85. The Morgan fingerprint density at radius 3 is 3.07 bits per heavy atom. The van der Waals surface area contributed by atoms with E-state index in [-0.39, 0.29) is 0 Å². The van der Waals surface area contributed by atoms with Crippen LogP contribution >= 0.6 is 0 Å². The highest BCUT2D eigenvalue weighted by Crippen LogP contribution is 1.96. The summed E-state index contributed by atoms with van der Waals surface area (Å²) in [4.78, 5) is 5.89. The number of aromatic nitrogens is 3. The zero-order valence-electron chi connectivity index (χ0n) is 9.09. The molecule has 0 fully saturated rings. The van der Waals surface area contributed by atoms with Crippen LogP contribution in [0.5, 0.6) is 0 Å². The van der Waals surface area contributed by atoms with E-state index in [1.54, 1.807) is 15.7 Å². The second-order valence-corrected chi connectivity index (χ2v) is 3.29. The van der Waals surface area contributed by atoms with Gasteiger partial charge in [-0.15, -0.1) is 11.7 Å². The Labute approximate surface area is 89.1 Å². The molecule has 6 heteroatoms. The first-order valence-corrected chi connectivity index (χ1v) is 4.60. The first-order chi connectivity index (χ1) is 7.13. The van der Waals surface area contributed by atoms with Crippen LogP contribution in [0.1, 0.15) is 5.69 Å². The normalized spacial score (nSPS) is 11.5. The van der Waals surface area contributed by atoms with Gasteiger partial charge in [0.15, 0.2) is 5.96 Å². The molecule has 0 saturated carbocycles. The second kappa shape index (κ2) is 5.14. The SMILES string of the molecule is C=CCn1cc(CN=C(N)N(C)C)nn1. The van der Waals surface area contributed by atoms with E-state index >= 15 is 0 Å². The van der Waals surface area contributed by atoms with Crippen LogP contribution in [0.3, 0.4) is 0 Å². The molecule has 0 spiro atoms. The smallest absolute Gasteiger partial charge is 0.191 e. The van der Waals surface area contributed by atoms with E-state index in [1.807, 2.05) is 20.3 Å². The number of nitrogens with two attached hydrogens (primary N) is 1. The Kier molecular flexibility index (Phi) is 3.84. The van der Waals surface area contributed by atoms with Crippen LogP contribution in [0.4, 0.5) is 0 Å². The van der Waals surface area contributed by atoms with E-state index < -0.39 is 0 Å². The molecule has 0 bridgehead atoms. The van der Waals surface area contributed by atoms with E-state index in [0.29, 0.717) is 19.0 Å². The van der Waals surface area contributed by atoms with Gasteiger partial charge in [-0.25, -0.2) is 9.67 Å². The molecular weight excluding hydrogens is 192 g/mol. The molecule has 1 aromatic heterocycles. The average molecular weight is 208 g/mol. The first kappa shape index (κ1) is 11.2. The van der Waals surface area contributed by atoms with Gasteiger partial charge in [0.1, 0.15) is 5.69 Å². The van der Waals surface area contributed by atoms with Crippen molar-refractivity contribution in [2.75, 3.05) is 14.1 Å². The van der Waals surface area contributed by atoms with Crippen LogP contribution < -0.4 is 5.73 Å². The molecule has 6 nitrogen and oxygen atoms in total. The van der Waals surface area contributed by atoms with Crippen LogP contribution in [0.2, 0.25) is 0 Å². The largest absolute Gasteiger partial charge is 0.370 e. The van der Waals surface area contributed by atoms with Crippen LogP contribution in [0.25, 0.3) is 0 Å². The highest BCUT2D eigenvalue weighted by atomic mass is 15.4. The van der Waals surface area contributed by atoms with Gasteiger partial charge < -0.3 is 10.6 Å². The van der Waals surface area contributed by atoms with Gasteiger partial charge in [-0.3, -0.25) is 0 Å². The van der Waals surface area contributed by atoms with Crippen LogP contribution in [0.15, 0.2) is 23.8 Å². The van der Waals surface area contributed by atoms with Crippen molar-refractivity contribution >= 4 is 5.96 Å². The lowest BCUT2D eigenvalue weighted by Gasteiger charge is -2.09. The van der Waals surface area contributed by atoms with Gasteiger partial charge >= 0.3 is 0 Å². The molecule has 1 heterocycles. The molecule has 0 aromatic carbocycles. The first-order valence-electron chi connectivity index (χ1n) is 4.60. The van der Waals surface area contributed by atoms with Gasteiger partial charge in [-0.05, 0) is 0 Å². The number of hydrogen-bond acceptors (Lipinski definition) is 3. The molecule has 0 saturated heterocycles. The molecule has 0 atom stereocenters. The third-order valence-electron chi connectivity index (χ3n) is 1.76. The Morgan fingerprint density at radius 2 is 2.47 bits per heavy atom. The van der Waals surface area contributed by atoms with Gasteiger partial charge in [-0.1, -0.05) is 11.3 Å². The van der Waals surface area contributed by atoms with Crippen molar-refractivity contribution in [2.45, 2.75) is 13.1 Å². The standard InChI is InChI=1S/C9H16N6/c1-4-5-15-7-8(12-13-15)6-11-9(10)14(2)3/h4,7H,1,5-6H2,2-3H3,(H2,10,11). The topological polar surface area (TPSA) is 72.3 Å². The molecule has 2 N–H and O–H groups in total. The summed E-state index contributed by atoms with van der Waals surface area (Å²) in [5.41, 5.74) is 6.43. The predicted molar refractivity (Wildman–Crippen MR) is 59.2 cm³/mol. The van der Waals surface area contributed by atoms with Gasteiger partial charge in [0, 0.05) is 14.1 Å². The van der Waals surface area contributed by atoms with E-state index in [2.05, 4.69) is 21.9 Å². The number of hydrogen-bond donors (Lipinski definition) is 1. The van der Waals surface area contributed by atoms with Crippen molar-refractivity contribution < 1.29 is 0 Å². The second-order valence-electron chi connectivity index (χ2n) is 3.29. The Morgan fingerprint density at radius 1 is 1.73 bits per heavy atom. The van der Waals surface area contributed by atoms with E-state index in [9.17, 15) is 0 Å².